The van der Waals surface area contributed by atoms with Crippen LogP contribution in [0.5, 0.6) is 0 Å². The Labute approximate surface area is 146 Å². The molecule has 0 radical (unpaired) electrons. The smallest absolute Gasteiger partial charge is 0.264 e. The third-order valence-corrected chi connectivity index (χ3v) is 4.16. The Morgan fingerprint density at radius 2 is 1.32 bits per heavy atom. The van der Waals surface area contributed by atoms with Crippen molar-refractivity contribution in [2.75, 3.05) is 5.43 Å². The number of rotatable bonds is 3. The monoisotopic (exact) mass is 325 g/mol. The van der Waals surface area contributed by atoms with E-state index in [0.29, 0.717) is 5.56 Å². The molecule has 3 aromatic carbocycles. The van der Waals surface area contributed by atoms with Gasteiger partial charge in [0.2, 0.25) is 11.2 Å². The summed E-state index contributed by atoms with van der Waals surface area (Å²) >= 11 is 0. The van der Waals surface area contributed by atoms with Gasteiger partial charge in [0.25, 0.3) is 0 Å². The fourth-order valence-electron chi connectivity index (χ4n) is 2.92. The molecule has 0 aliphatic carbocycles. The number of nitrogens with one attached hydrogen (secondary N) is 1. The second-order valence-corrected chi connectivity index (χ2v) is 5.79. The molecule has 1 amide bonds. The van der Waals surface area contributed by atoms with E-state index in [1.165, 1.54) is 0 Å². The van der Waals surface area contributed by atoms with E-state index in [2.05, 4.69) is 11.5 Å². The molecule has 0 aliphatic rings. The van der Waals surface area contributed by atoms with Gasteiger partial charge >= 0.3 is 5.91 Å². The highest BCUT2D eigenvalue weighted by Gasteiger charge is 2.21. The lowest BCUT2D eigenvalue weighted by Crippen LogP contribution is -2.50. The lowest BCUT2D eigenvalue weighted by atomic mass is 10.1. The van der Waals surface area contributed by atoms with Crippen LogP contribution in [-0.2, 0) is 0 Å². The van der Waals surface area contributed by atoms with Crippen molar-refractivity contribution in [3.05, 3.63) is 103 Å². The van der Waals surface area contributed by atoms with Gasteiger partial charge in [0.05, 0.1) is 0 Å². The number of para-hydroxylation sites is 1. The van der Waals surface area contributed by atoms with Crippen LogP contribution in [0.2, 0.25) is 0 Å². The van der Waals surface area contributed by atoms with E-state index in [-0.39, 0.29) is 5.91 Å². The number of hydrogen-bond donors (Lipinski definition) is 1. The zero-order valence-electron chi connectivity index (χ0n) is 13.6. The molecule has 1 aromatic heterocycles. The number of nitrogens with zero attached hydrogens (tertiary/aromatic N) is 1. The Balaban J connectivity index is 1.86. The lowest BCUT2D eigenvalue weighted by Gasteiger charge is -2.07. The SMILES string of the molecule is O=C(N[n+]1c(-c2ccccc2)ccc2ccccc21)c1ccccc1. The van der Waals surface area contributed by atoms with Gasteiger partial charge in [-0.2, -0.15) is 0 Å². The Bertz CT molecular complexity index is 1030. The topological polar surface area (TPSA) is 33.0 Å². The molecule has 1 heterocycles. The van der Waals surface area contributed by atoms with Gasteiger partial charge in [-0.15, -0.1) is 5.43 Å². The summed E-state index contributed by atoms with van der Waals surface area (Å²) in [6.45, 7) is 0. The molecule has 3 nitrogen and oxygen atoms in total. The maximum Gasteiger partial charge on any atom is 0.305 e. The first kappa shape index (κ1) is 15.1. The largest absolute Gasteiger partial charge is 0.305 e. The average Bonchev–Trinajstić information content (AvgIpc) is 2.69. The predicted molar refractivity (Wildman–Crippen MR) is 99.7 cm³/mol. The van der Waals surface area contributed by atoms with E-state index in [0.717, 1.165) is 22.2 Å². The molecular weight excluding hydrogens is 308 g/mol. The van der Waals surface area contributed by atoms with E-state index in [9.17, 15) is 4.79 Å². The minimum atomic E-state index is -0.140. The summed E-state index contributed by atoms with van der Waals surface area (Å²) in [5.74, 6) is -0.140. The van der Waals surface area contributed by atoms with Crippen LogP contribution >= 0.6 is 0 Å². The van der Waals surface area contributed by atoms with Gasteiger partial charge in [0.1, 0.15) is 0 Å². The van der Waals surface area contributed by atoms with Crippen LogP contribution in [0.25, 0.3) is 22.2 Å². The quantitative estimate of drug-likeness (QED) is 0.563. The first-order valence-corrected chi connectivity index (χ1v) is 8.18. The molecule has 1 N–H and O–H groups in total. The number of amides is 1. The number of carbonyl (C=O) groups excluding carboxylic acids is 1. The van der Waals surface area contributed by atoms with E-state index in [1.54, 1.807) is 0 Å². The zero-order chi connectivity index (χ0) is 17.1. The fraction of sp³-hybridized carbons (Fsp3) is 0. The summed E-state index contributed by atoms with van der Waals surface area (Å²) in [7, 11) is 0. The van der Waals surface area contributed by atoms with Crippen LogP contribution in [0.4, 0.5) is 0 Å². The summed E-state index contributed by atoms with van der Waals surface area (Å²) in [6, 6.07) is 31.4. The van der Waals surface area contributed by atoms with Gasteiger partial charge in [0.15, 0.2) is 0 Å². The van der Waals surface area contributed by atoms with Gasteiger partial charge in [0, 0.05) is 28.6 Å². The first-order chi connectivity index (χ1) is 12.3. The molecule has 0 saturated carbocycles. The maximum absolute atomic E-state index is 12.7. The molecule has 4 aromatic rings. The molecule has 0 bridgehead atoms. The van der Waals surface area contributed by atoms with Crippen LogP contribution in [0.1, 0.15) is 10.4 Å². The van der Waals surface area contributed by atoms with Crippen molar-refractivity contribution in [2.45, 2.75) is 0 Å². The van der Waals surface area contributed by atoms with Crippen molar-refractivity contribution in [3.63, 3.8) is 0 Å². The summed E-state index contributed by atoms with van der Waals surface area (Å²) in [4.78, 5) is 12.7. The van der Waals surface area contributed by atoms with Gasteiger partial charge in [-0.1, -0.05) is 53.2 Å². The standard InChI is InChI=1S/C22H16N2O/c25-22(19-12-5-2-6-13-19)23-24-20-14-8-7-11-18(20)15-16-21(24)17-9-3-1-4-10-17/h1-16H/p+1. The summed E-state index contributed by atoms with van der Waals surface area (Å²) in [6.07, 6.45) is 0. The van der Waals surface area contributed by atoms with Crippen molar-refractivity contribution < 1.29 is 9.47 Å². The van der Waals surface area contributed by atoms with Crippen LogP contribution in [0, 0.1) is 0 Å². The minimum Gasteiger partial charge on any atom is -0.264 e. The molecule has 120 valence electrons. The second-order valence-electron chi connectivity index (χ2n) is 5.79. The van der Waals surface area contributed by atoms with Crippen molar-refractivity contribution in [1.82, 2.24) is 0 Å². The van der Waals surface area contributed by atoms with Gasteiger partial charge in [-0.25, -0.2) is 0 Å². The van der Waals surface area contributed by atoms with Crippen molar-refractivity contribution >= 4 is 16.8 Å². The van der Waals surface area contributed by atoms with E-state index in [1.807, 2.05) is 95.7 Å². The zero-order valence-corrected chi connectivity index (χ0v) is 13.6. The first-order valence-electron chi connectivity index (χ1n) is 8.18. The third-order valence-electron chi connectivity index (χ3n) is 4.16. The molecule has 4 rings (SSSR count). The number of carbonyl (C=O) groups is 1. The van der Waals surface area contributed by atoms with Crippen molar-refractivity contribution in [2.24, 2.45) is 0 Å². The van der Waals surface area contributed by atoms with E-state index < -0.39 is 0 Å². The molecule has 0 fully saturated rings. The van der Waals surface area contributed by atoms with Gasteiger partial charge in [-0.05, 0) is 36.4 Å². The minimum absolute atomic E-state index is 0.140. The molecule has 0 saturated heterocycles. The van der Waals surface area contributed by atoms with Crippen LogP contribution in [0.3, 0.4) is 0 Å². The molecule has 0 unspecified atom stereocenters. The van der Waals surface area contributed by atoms with E-state index in [4.69, 9.17) is 0 Å². The lowest BCUT2D eigenvalue weighted by molar-refractivity contribution is -0.602. The van der Waals surface area contributed by atoms with Crippen LogP contribution < -0.4 is 10.1 Å². The highest BCUT2D eigenvalue weighted by Crippen LogP contribution is 2.18. The number of aromatic nitrogens is 1. The summed E-state index contributed by atoms with van der Waals surface area (Å²) in [5.41, 5.74) is 6.60. The highest BCUT2D eigenvalue weighted by molar-refractivity contribution is 5.99. The normalized spacial score (nSPS) is 10.6. The van der Waals surface area contributed by atoms with Gasteiger partial charge in [-0.3, -0.25) is 4.79 Å². The molecule has 0 spiro atoms. The van der Waals surface area contributed by atoms with Crippen molar-refractivity contribution in [3.8, 4) is 11.3 Å². The summed E-state index contributed by atoms with van der Waals surface area (Å²) in [5, 5.41) is 1.07. The molecule has 25 heavy (non-hydrogen) atoms. The number of benzene rings is 3. The second kappa shape index (κ2) is 6.57. The Morgan fingerprint density at radius 3 is 2.08 bits per heavy atom. The Kier molecular flexibility index (Phi) is 3.97. The number of fused-ring (bicyclic) bond motifs is 1. The van der Waals surface area contributed by atoms with Crippen LogP contribution in [-0.4, -0.2) is 5.91 Å². The molecule has 0 atom stereocenters. The Morgan fingerprint density at radius 1 is 0.680 bits per heavy atom. The summed E-state index contributed by atoms with van der Waals surface area (Å²) < 4.78 is 1.86. The maximum atomic E-state index is 12.7. The van der Waals surface area contributed by atoms with E-state index >= 15 is 0 Å². The van der Waals surface area contributed by atoms with Gasteiger partial charge < -0.3 is 0 Å². The molecule has 3 heteroatoms. The van der Waals surface area contributed by atoms with Crippen LogP contribution in [0.15, 0.2) is 97.1 Å². The fourth-order valence-corrected chi connectivity index (χ4v) is 2.92. The average molecular weight is 325 g/mol. The Hall–Kier alpha value is -3.46. The predicted octanol–water partition coefficient (Wildman–Crippen LogP) is 4.18. The highest BCUT2D eigenvalue weighted by atomic mass is 16.2. The number of hydrogen-bond acceptors (Lipinski definition) is 1. The molecule has 0 aliphatic heterocycles. The molecular formula is C22H17N2O+. The van der Waals surface area contributed by atoms with Crippen molar-refractivity contribution in [1.29, 1.82) is 0 Å². The third kappa shape index (κ3) is 3.00. The number of pyridine rings is 1.